The Hall–Kier alpha value is -0.940. The first-order chi connectivity index (χ1) is 6.63. The van der Waals surface area contributed by atoms with Crippen LogP contribution in [-0.4, -0.2) is 37.1 Å². The maximum Gasteiger partial charge on any atom is 0.244 e. The van der Waals surface area contributed by atoms with Crippen LogP contribution in [0.5, 0.6) is 0 Å². The zero-order valence-corrected chi connectivity index (χ0v) is 8.50. The highest BCUT2D eigenvalue weighted by molar-refractivity contribution is 6.05. The SMILES string of the molecule is CCOC(C)CNC1CC(=O)NC1=O. The highest BCUT2D eigenvalue weighted by Gasteiger charge is 2.29. The summed E-state index contributed by atoms with van der Waals surface area (Å²) in [5.74, 6) is -0.449. The number of hydrogen-bond acceptors (Lipinski definition) is 4. The zero-order chi connectivity index (χ0) is 10.6. The number of amides is 2. The molecular weight excluding hydrogens is 184 g/mol. The van der Waals surface area contributed by atoms with Gasteiger partial charge in [-0.1, -0.05) is 0 Å². The Morgan fingerprint density at radius 3 is 2.86 bits per heavy atom. The molecule has 2 atom stereocenters. The summed E-state index contributed by atoms with van der Waals surface area (Å²) >= 11 is 0. The molecule has 1 rings (SSSR count). The molecule has 2 unspecified atom stereocenters. The first kappa shape index (κ1) is 11.1. The Morgan fingerprint density at radius 2 is 2.36 bits per heavy atom. The summed E-state index contributed by atoms with van der Waals surface area (Å²) in [4.78, 5) is 22.0. The predicted octanol–water partition coefficient (Wildman–Crippen LogP) is -0.584. The standard InChI is InChI=1S/C9H16N2O3/c1-3-14-6(2)5-10-7-4-8(12)11-9(7)13/h6-7,10H,3-5H2,1-2H3,(H,11,12,13). The molecule has 2 N–H and O–H groups in total. The fourth-order valence-electron chi connectivity index (χ4n) is 1.37. The number of carbonyl (C=O) groups excluding carboxylic acids is 2. The van der Waals surface area contributed by atoms with E-state index in [1.807, 2.05) is 13.8 Å². The lowest BCUT2D eigenvalue weighted by atomic mass is 10.2. The van der Waals surface area contributed by atoms with E-state index in [0.717, 1.165) is 0 Å². The summed E-state index contributed by atoms with van der Waals surface area (Å²) in [7, 11) is 0. The highest BCUT2D eigenvalue weighted by Crippen LogP contribution is 2.01. The molecule has 5 nitrogen and oxygen atoms in total. The normalized spacial score (nSPS) is 23.7. The lowest BCUT2D eigenvalue weighted by molar-refractivity contribution is -0.125. The van der Waals surface area contributed by atoms with Gasteiger partial charge in [0.05, 0.1) is 18.6 Å². The van der Waals surface area contributed by atoms with Crippen molar-refractivity contribution < 1.29 is 14.3 Å². The molecular formula is C9H16N2O3. The van der Waals surface area contributed by atoms with Crippen LogP contribution in [0.2, 0.25) is 0 Å². The molecule has 1 saturated heterocycles. The molecule has 0 saturated carbocycles. The maximum atomic E-state index is 11.1. The second-order valence-electron chi connectivity index (χ2n) is 3.34. The van der Waals surface area contributed by atoms with Gasteiger partial charge in [-0.2, -0.15) is 0 Å². The van der Waals surface area contributed by atoms with Crippen LogP contribution in [0, 0.1) is 0 Å². The number of nitrogens with one attached hydrogen (secondary N) is 2. The van der Waals surface area contributed by atoms with Crippen LogP contribution in [0.25, 0.3) is 0 Å². The molecule has 1 fully saturated rings. The lowest BCUT2D eigenvalue weighted by Crippen LogP contribution is -2.40. The number of hydrogen-bond donors (Lipinski definition) is 2. The van der Waals surface area contributed by atoms with Crippen molar-refractivity contribution in [2.45, 2.75) is 32.4 Å². The number of imide groups is 1. The molecule has 0 bridgehead atoms. The van der Waals surface area contributed by atoms with Crippen molar-refractivity contribution in [2.75, 3.05) is 13.2 Å². The second kappa shape index (κ2) is 5.07. The Bertz CT molecular complexity index is 230. The largest absolute Gasteiger partial charge is 0.377 e. The van der Waals surface area contributed by atoms with Crippen LogP contribution in [0.4, 0.5) is 0 Å². The first-order valence-electron chi connectivity index (χ1n) is 4.82. The summed E-state index contributed by atoms with van der Waals surface area (Å²) in [6.07, 6.45) is 0.293. The molecule has 5 heteroatoms. The molecule has 2 amide bonds. The van der Waals surface area contributed by atoms with Gasteiger partial charge in [0.25, 0.3) is 0 Å². The molecule has 80 valence electrons. The van der Waals surface area contributed by atoms with Crippen molar-refractivity contribution in [2.24, 2.45) is 0 Å². The number of carbonyl (C=O) groups is 2. The summed E-state index contributed by atoms with van der Waals surface area (Å²) in [5.41, 5.74) is 0. The van der Waals surface area contributed by atoms with Crippen molar-refractivity contribution >= 4 is 11.8 Å². The van der Waals surface area contributed by atoms with Crippen LogP contribution < -0.4 is 10.6 Å². The molecule has 0 aromatic carbocycles. The Balaban J connectivity index is 2.24. The molecule has 1 aliphatic heterocycles. The summed E-state index contributed by atoms with van der Waals surface area (Å²) in [5, 5.41) is 5.23. The third-order valence-corrected chi connectivity index (χ3v) is 2.07. The molecule has 0 spiro atoms. The zero-order valence-electron chi connectivity index (χ0n) is 8.50. The fourth-order valence-corrected chi connectivity index (χ4v) is 1.37. The average molecular weight is 200 g/mol. The van der Waals surface area contributed by atoms with E-state index in [1.165, 1.54) is 0 Å². The average Bonchev–Trinajstić information content (AvgIpc) is 2.42. The highest BCUT2D eigenvalue weighted by atomic mass is 16.5. The monoisotopic (exact) mass is 200 g/mol. The van der Waals surface area contributed by atoms with Crippen LogP contribution in [0.15, 0.2) is 0 Å². The van der Waals surface area contributed by atoms with Crippen molar-refractivity contribution in [1.29, 1.82) is 0 Å². The van der Waals surface area contributed by atoms with Crippen molar-refractivity contribution in [3.8, 4) is 0 Å². The molecule has 0 aliphatic carbocycles. The summed E-state index contributed by atoms with van der Waals surface area (Å²) in [6.45, 7) is 5.07. The van der Waals surface area contributed by atoms with Gasteiger partial charge in [0, 0.05) is 13.2 Å². The number of ether oxygens (including phenoxy) is 1. The van der Waals surface area contributed by atoms with Gasteiger partial charge in [-0.05, 0) is 13.8 Å². The minimum Gasteiger partial charge on any atom is -0.377 e. The van der Waals surface area contributed by atoms with Gasteiger partial charge in [-0.3, -0.25) is 14.9 Å². The van der Waals surface area contributed by atoms with Gasteiger partial charge >= 0.3 is 0 Å². The van der Waals surface area contributed by atoms with Crippen molar-refractivity contribution in [3.63, 3.8) is 0 Å². The van der Waals surface area contributed by atoms with Gasteiger partial charge in [-0.25, -0.2) is 0 Å². The second-order valence-corrected chi connectivity index (χ2v) is 3.34. The Kier molecular flexibility index (Phi) is 4.03. The van der Waals surface area contributed by atoms with Crippen LogP contribution in [0.1, 0.15) is 20.3 Å². The van der Waals surface area contributed by atoms with Gasteiger partial charge in [-0.15, -0.1) is 0 Å². The fraction of sp³-hybridized carbons (Fsp3) is 0.778. The van der Waals surface area contributed by atoms with E-state index in [1.54, 1.807) is 0 Å². The van der Waals surface area contributed by atoms with Crippen molar-refractivity contribution in [3.05, 3.63) is 0 Å². The molecule has 1 aliphatic rings. The summed E-state index contributed by atoms with van der Waals surface area (Å²) < 4.78 is 5.28. The first-order valence-corrected chi connectivity index (χ1v) is 4.82. The molecule has 1 heterocycles. The van der Waals surface area contributed by atoms with E-state index in [4.69, 9.17) is 4.74 Å². The predicted molar refractivity (Wildman–Crippen MR) is 50.6 cm³/mol. The minimum absolute atomic E-state index is 0.0588. The third kappa shape index (κ3) is 3.08. The van der Waals surface area contributed by atoms with E-state index in [2.05, 4.69) is 10.6 Å². The minimum atomic E-state index is -0.384. The number of rotatable bonds is 5. The van der Waals surface area contributed by atoms with E-state index >= 15 is 0 Å². The molecule has 0 radical (unpaired) electrons. The lowest BCUT2D eigenvalue weighted by Gasteiger charge is -2.14. The topological polar surface area (TPSA) is 67.4 Å². The molecule has 0 aromatic rings. The quantitative estimate of drug-likeness (QED) is 0.582. The van der Waals surface area contributed by atoms with Gasteiger partial charge < -0.3 is 10.1 Å². The van der Waals surface area contributed by atoms with Crippen LogP contribution in [0.3, 0.4) is 0 Å². The van der Waals surface area contributed by atoms with Gasteiger partial charge in [0.15, 0.2) is 0 Å². The molecule has 14 heavy (non-hydrogen) atoms. The third-order valence-electron chi connectivity index (χ3n) is 2.07. The van der Waals surface area contributed by atoms with E-state index < -0.39 is 0 Å². The Morgan fingerprint density at radius 1 is 1.64 bits per heavy atom. The van der Waals surface area contributed by atoms with E-state index in [0.29, 0.717) is 13.2 Å². The molecule has 0 aromatic heterocycles. The van der Waals surface area contributed by atoms with Gasteiger partial charge in [0.2, 0.25) is 11.8 Å². The van der Waals surface area contributed by atoms with E-state index in [-0.39, 0.29) is 30.4 Å². The van der Waals surface area contributed by atoms with Crippen LogP contribution >= 0.6 is 0 Å². The Labute approximate surface area is 83.2 Å². The maximum absolute atomic E-state index is 11.1. The van der Waals surface area contributed by atoms with Gasteiger partial charge in [0.1, 0.15) is 0 Å². The summed E-state index contributed by atoms with van der Waals surface area (Å²) in [6, 6.07) is -0.384. The smallest absolute Gasteiger partial charge is 0.244 e. The van der Waals surface area contributed by atoms with Crippen LogP contribution in [-0.2, 0) is 14.3 Å². The van der Waals surface area contributed by atoms with E-state index in [9.17, 15) is 9.59 Å². The van der Waals surface area contributed by atoms with Crippen molar-refractivity contribution in [1.82, 2.24) is 10.6 Å².